The van der Waals surface area contributed by atoms with Crippen molar-refractivity contribution in [2.24, 2.45) is 35.0 Å². The van der Waals surface area contributed by atoms with E-state index in [0.29, 0.717) is 0 Å². The van der Waals surface area contributed by atoms with Gasteiger partial charge in [-0.3, -0.25) is 0 Å². The van der Waals surface area contributed by atoms with Crippen LogP contribution in [0.15, 0.2) is 40.9 Å². The zero-order chi connectivity index (χ0) is 14.0. The Kier molecular flexibility index (Phi) is 2.75. The molecule has 0 N–H and O–H groups in total. The van der Waals surface area contributed by atoms with E-state index in [1.54, 1.807) is 25.7 Å². The SMILES string of the molecule is Brc1ccccc1CC/C=C/C1C2CC3CC4(CC14)C3C2. The summed E-state index contributed by atoms with van der Waals surface area (Å²) in [5, 5.41) is 0. The van der Waals surface area contributed by atoms with Crippen molar-refractivity contribution >= 4 is 15.9 Å². The highest BCUT2D eigenvalue weighted by atomic mass is 79.9. The number of hydrogen-bond acceptors (Lipinski definition) is 0. The Balaban J connectivity index is 1.24. The van der Waals surface area contributed by atoms with E-state index >= 15 is 0 Å². The Morgan fingerprint density at radius 2 is 2.00 bits per heavy atom. The van der Waals surface area contributed by atoms with Crippen LogP contribution in [0.4, 0.5) is 0 Å². The highest BCUT2D eigenvalue weighted by molar-refractivity contribution is 9.10. The minimum absolute atomic E-state index is 0.870. The number of rotatable bonds is 4. The maximum Gasteiger partial charge on any atom is 0.0207 e. The zero-order valence-corrected chi connectivity index (χ0v) is 14.1. The molecule has 1 heteroatoms. The van der Waals surface area contributed by atoms with Gasteiger partial charge in [0.1, 0.15) is 0 Å². The molecule has 0 saturated heterocycles. The fourth-order valence-corrected chi connectivity index (χ4v) is 6.72. The van der Waals surface area contributed by atoms with Crippen LogP contribution in [0.5, 0.6) is 0 Å². The second-order valence-electron chi connectivity index (χ2n) is 7.98. The van der Waals surface area contributed by atoms with Crippen molar-refractivity contribution in [1.82, 2.24) is 0 Å². The van der Waals surface area contributed by atoms with Crippen molar-refractivity contribution in [3.63, 3.8) is 0 Å². The lowest BCUT2D eigenvalue weighted by Gasteiger charge is -2.44. The summed E-state index contributed by atoms with van der Waals surface area (Å²) >= 11 is 3.66. The highest BCUT2D eigenvalue weighted by Gasteiger charge is 2.75. The molecule has 4 fully saturated rings. The first-order valence-electron chi connectivity index (χ1n) is 8.68. The van der Waals surface area contributed by atoms with Crippen molar-refractivity contribution in [1.29, 1.82) is 0 Å². The van der Waals surface area contributed by atoms with Crippen molar-refractivity contribution in [2.45, 2.75) is 38.5 Å². The van der Waals surface area contributed by atoms with Crippen LogP contribution in [0, 0.1) is 35.0 Å². The first-order valence-corrected chi connectivity index (χ1v) is 9.47. The predicted octanol–water partition coefficient (Wildman–Crippen LogP) is 5.62. The molecule has 0 aromatic heterocycles. The summed E-state index contributed by atoms with van der Waals surface area (Å²) < 4.78 is 1.26. The van der Waals surface area contributed by atoms with Crippen molar-refractivity contribution < 1.29 is 0 Å². The summed E-state index contributed by atoms with van der Waals surface area (Å²) in [6.07, 6.45) is 13.8. The minimum atomic E-state index is 0.870. The van der Waals surface area contributed by atoms with E-state index in [0.717, 1.165) is 41.4 Å². The fraction of sp³-hybridized carbons (Fsp3) is 0.600. The van der Waals surface area contributed by atoms with E-state index in [4.69, 9.17) is 0 Å². The van der Waals surface area contributed by atoms with Crippen molar-refractivity contribution in [2.75, 3.05) is 0 Å². The van der Waals surface area contributed by atoms with E-state index in [-0.39, 0.29) is 0 Å². The molecule has 6 unspecified atom stereocenters. The van der Waals surface area contributed by atoms with Gasteiger partial charge in [0.05, 0.1) is 0 Å². The summed E-state index contributed by atoms with van der Waals surface area (Å²) in [5.41, 5.74) is 2.31. The molecule has 21 heavy (non-hydrogen) atoms. The molecule has 4 aliphatic rings. The van der Waals surface area contributed by atoms with E-state index in [1.807, 2.05) is 0 Å². The third-order valence-corrected chi connectivity index (χ3v) is 7.97. The van der Waals surface area contributed by atoms with Crippen LogP contribution in [-0.4, -0.2) is 0 Å². The van der Waals surface area contributed by atoms with Gasteiger partial charge in [0.25, 0.3) is 0 Å². The Morgan fingerprint density at radius 3 is 2.90 bits per heavy atom. The second-order valence-corrected chi connectivity index (χ2v) is 8.84. The van der Waals surface area contributed by atoms with E-state index in [9.17, 15) is 0 Å². The Hall–Kier alpha value is -0.560. The summed E-state index contributed by atoms with van der Waals surface area (Å²) in [6, 6.07) is 8.64. The summed E-state index contributed by atoms with van der Waals surface area (Å²) in [6.45, 7) is 0. The van der Waals surface area contributed by atoms with Gasteiger partial charge in [-0.15, -0.1) is 0 Å². The number of hydrogen-bond donors (Lipinski definition) is 0. The van der Waals surface area contributed by atoms with Crippen LogP contribution in [-0.2, 0) is 6.42 Å². The molecule has 110 valence electrons. The minimum Gasteiger partial charge on any atom is -0.0879 e. The molecule has 6 atom stereocenters. The molecule has 2 bridgehead atoms. The Bertz CT molecular complexity index is 602. The number of benzene rings is 1. The van der Waals surface area contributed by atoms with Crippen LogP contribution < -0.4 is 0 Å². The first kappa shape index (κ1) is 12.9. The van der Waals surface area contributed by atoms with E-state index in [2.05, 4.69) is 52.3 Å². The van der Waals surface area contributed by atoms with Gasteiger partial charge in [-0.2, -0.15) is 0 Å². The number of fused-ring (bicyclic) bond motifs is 1. The molecular formula is C20H23Br. The highest BCUT2D eigenvalue weighted by Crippen LogP contribution is 2.82. The molecule has 1 aromatic rings. The van der Waals surface area contributed by atoms with Gasteiger partial charge in [-0.05, 0) is 85.2 Å². The topological polar surface area (TPSA) is 0 Å². The molecule has 0 amide bonds. The molecule has 0 heterocycles. The van der Waals surface area contributed by atoms with Crippen LogP contribution in [0.25, 0.3) is 0 Å². The fourth-order valence-electron chi connectivity index (χ4n) is 6.24. The Labute approximate surface area is 136 Å². The van der Waals surface area contributed by atoms with Crippen LogP contribution in [0.2, 0.25) is 0 Å². The normalized spacial score (nSPS) is 45.5. The third kappa shape index (κ3) is 1.79. The van der Waals surface area contributed by atoms with Crippen LogP contribution in [0.3, 0.4) is 0 Å². The third-order valence-electron chi connectivity index (χ3n) is 7.20. The van der Waals surface area contributed by atoms with Gasteiger partial charge < -0.3 is 0 Å². The quantitative estimate of drug-likeness (QED) is 0.623. The second kappa shape index (κ2) is 4.47. The average molecular weight is 343 g/mol. The van der Waals surface area contributed by atoms with Crippen LogP contribution in [0.1, 0.15) is 37.7 Å². The van der Waals surface area contributed by atoms with Gasteiger partial charge in [0.15, 0.2) is 0 Å². The van der Waals surface area contributed by atoms with E-state index in [1.165, 1.54) is 16.5 Å². The number of aryl methyl sites for hydroxylation is 1. The van der Waals surface area contributed by atoms with Crippen molar-refractivity contribution in [3.8, 4) is 0 Å². The molecule has 0 radical (unpaired) electrons. The number of halogens is 1. The standard InChI is InChI=1S/C20H23Br/c21-19-8-4-2-6-13(19)5-1-3-7-16-14-9-15-11-20(12-18(16)20)17(15)10-14/h2-4,6-8,14-18H,1,5,9-12H2/b7-3+. The van der Waals surface area contributed by atoms with E-state index < -0.39 is 0 Å². The van der Waals surface area contributed by atoms with Gasteiger partial charge >= 0.3 is 0 Å². The van der Waals surface area contributed by atoms with Gasteiger partial charge in [0, 0.05) is 4.47 Å². The molecular weight excluding hydrogens is 320 g/mol. The lowest BCUT2D eigenvalue weighted by Crippen LogP contribution is -2.38. The molecule has 1 aromatic carbocycles. The molecule has 5 rings (SSSR count). The average Bonchev–Trinajstić information content (AvgIpc) is 3.16. The summed E-state index contributed by atoms with van der Waals surface area (Å²) in [5.74, 6) is 5.37. The maximum atomic E-state index is 3.66. The molecule has 0 aliphatic heterocycles. The van der Waals surface area contributed by atoms with Gasteiger partial charge in [-0.1, -0.05) is 46.3 Å². The molecule has 1 spiro atoms. The lowest BCUT2D eigenvalue weighted by molar-refractivity contribution is 0.0458. The summed E-state index contributed by atoms with van der Waals surface area (Å²) in [7, 11) is 0. The first-order chi connectivity index (χ1) is 10.3. The maximum absolute atomic E-state index is 3.66. The summed E-state index contributed by atoms with van der Waals surface area (Å²) in [4.78, 5) is 0. The smallest absolute Gasteiger partial charge is 0.0207 e. The largest absolute Gasteiger partial charge is 0.0879 e. The van der Waals surface area contributed by atoms with Gasteiger partial charge in [-0.25, -0.2) is 0 Å². The predicted molar refractivity (Wildman–Crippen MR) is 90.0 cm³/mol. The zero-order valence-electron chi connectivity index (χ0n) is 12.5. The van der Waals surface area contributed by atoms with Gasteiger partial charge in [0.2, 0.25) is 0 Å². The monoisotopic (exact) mass is 342 g/mol. The Morgan fingerprint density at radius 1 is 1.10 bits per heavy atom. The molecule has 4 saturated carbocycles. The number of allylic oxidation sites excluding steroid dienone is 2. The van der Waals surface area contributed by atoms with Crippen LogP contribution >= 0.6 is 15.9 Å². The van der Waals surface area contributed by atoms with Crippen molar-refractivity contribution in [3.05, 3.63) is 46.5 Å². The molecule has 0 nitrogen and oxygen atoms in total. The molecule has 4 aliphatic carbocycles. The lowest BCUT2D eigenvalue weighted by atomic mass is 9.60.